The van der Waals surface area contributed by atoms with Crippen molar-refractivity contribution >= 4 is 39.7 Å². The number of amides is 2. The molecule has 1 saturated heterocycles. The number of carbonyl (C=O) groups excluding carboxylic acids is 2. The molecule has 0 unspecified atom stereocenters. The van der Waals surface area contributed by atoms with Gasteiger partial charge in [0.05, 0.1) is 18.4 Å². The van der Waals surface area contributed by atoms with Crippen molar-refractivity contribution in [3.8, 4) is 11.3 Å². The summed E-state index contributed by atoms with van der Waals surface area (Å²) in [6.45, 7) is 2.02. The summed E-state index contributed by atoms with van der Waals surface area (Å²) in [5.41, 5.74) is 2.74. The van der Waals surface area contributed by atoms with Crippen LogP contribution in [0.2, 0.25) is 5.02 Å². The van der Waals surface area contributed by atoms with E-state index in [1.807, 2.05) is 45.1 Å². The average Bonchev–Trinajstić information content (AvgIpc) is 3.53. The number of thiazole rings is 1. The molecular weight excluding hydrogens is 436 g/mol. The molecule has 9 heteroatoms. The predicted octanol–water partition coefficient (Wildman–Crippen LogP) is 3.84. The fourth-order valence-electron chi connectivity index (χ4n) is 3.70. The van der Waals surface area contributed by atoms with Gasteiger partial charge in [0.1, 0.15) is 0 Å². The van der Waals surface area contributed by atoms with Gasteiger partial charge < -0.3 is 14.2 Å². The highest BCUT2D eigenvalue weighted by Crippen LogP contribution is 2.25. The number of piperazine rings is 1. The maximum absolute atomic E-state index is 12.9. The molecule has 1 aromatic carbocycles. The number of aromatic nitrogens is 2. The molecule has 4 aromatic rings. The van der Waals surface area contributed by atoms with Crippen molar-refractivity contribution in [3.63, 3.8) is 0 Å². The zero-order valence-electron chi connectivity index (χ0n) is 16.5. The molecule has 0 saturated carbocycles. The standard InChI is InChI=1S/C22H19ClN4O3S/c23-16-5-3-15(4-6-16)18-13-27-17(14-31-22(27)24-18)12-20(28)25-7-9-26(10-8-25)21(29)19-2-1-11-30-19/h1-6,11,13-14H,7-10,12H2. The fourth-order valence-corrected chi connectivity index (χ4v) is 4.70. The van der Waals surface area contributed by atoms with E-state index < -0.39 is 0 Å². The lowest BCUT2D eigenvalue weighted by Gasteiger charge is -2.34. The van der Waals surface area contributed by atoms with E-state index in [9.17, 15) is 9.59 Å². The first-order chi connectivity index (χ1) is 15.1. The Morgan fingerprint density at radius 2 is 1.81 bits per heavy atom. The van der Waals surface area contributed by atoms with E-state index in [0.29, 0.717) is 43.4 Å². The molecule has 7 nitrogen and oxygen atoms in total. The van der Waals surface area contributed by atoms with Gasteiger partial charge >= 0.3 is 0 Å². The zero-order valence-corrected chi connectivity index (χ0v) is 18.1. The molecule has 0 atom stereocenters. The smallest absolute Gasteiger partial charge is 0.289 e. The summed E-state index contributed by atoms with van der Waals surface area (Å²) in [6, 6.07) is 10.9. The van der Waals surface area contributed by atoms with Crippen LogP contribution in [0.4, 0.5) is 0 Å². The quantitative estimate of drug-likeness (QED) is 0.469. The molecule has 0 radical (unpaired) electrons. The maximum atomic E-state index is 12.9. The Kier molecular flexibility index (Phi) is 5.25. The third-order valence-corrected chi connectivity index (χ3v) is 6.55. The van der Waals surface area contributed by atoms with Gasteiger partial charge in [-0.2, -0.15) is 0 Å². The predicted molar refractivity (Wildman–Crippen MR) is 118 cm³/mol. The first-order valence-electron chi connectivity index (χ1n) is 9.90. The summed E-state index contributed by atoms with van der Waals surface area (Å²) in [4.78, 5) is 34.3. The normalized spacial score (nSPS) is 14.4. The second-order valence-corrected chi connectivity index (χ2v) is 8.61. The highest BCUT2D eigenvalue weighted by molar-refractivity contribution is 7.15. The van der Waals surface area contributed by atoms with Crippen molar-refractivity contribution < 1.29 is 14.0 Å². The zero-order chi connectivity index (χ0) is 21.4. The first-order valence-corrected chi connectivity index (χ1v) is 11.2. The van der Waals surface area contributed by atoms with Crippen molar-refractivity contribution in [2.24, 2.45) is 0 Å². The number of carbonyl (C=O) groups is 2. The van der Waals surface area contributed by atoms with Crippen LogP contribution in [0.1, 0.15) is 16.2 Å². The van der Waals surface area contributed by atoms with E-state index in [1.165, 1.54) is 17.6 Å². The van der Waals surface area contributed by atoms with E-state index in [-0.39, 0.29) is 11.8 Å². The van der Waals surface area contributed by atoms with Gasteiger partial charge in [-0.1, -0.05) is 23.7 Å². The number of benzene rings is 1. The van der Waals surface area contributed by atoms with Crippen LogP contribution in [0.25, 0.3) is 16.2 Å². The highest BCUT2D eigenvalue weighted by atomic mass is 35.5. The molecule has 1 fully saturated rings. The molecule has 0 spiro atoms. The van der Waals surface area contributed by atoms with Gasteiger partial charge in [-0.25, -0.2) is 4.98 Å². The van der Waals surface area contributed by atoms with Crippen LogP contribution in [0, 0.1) is 0 Å². The van der Waals surface area contributed by atoms with E-state index in [0.717, 1.165) is 21.9 Å². The molecule has 0 N–H and O–H groups in total. The van der Waals surface area contributed by atoms with E-state index in [2.05, 4.69) is 4.98 Å². The lowest BCUT2D eigenvalue weighted by Crippen LogP contribution is -2.51. The van der Waals surface area contributed by atoms with Gasteiger partial charge in [0, 0.05) is 54.0 Å². The maximum Gasteiger partial charge on any atom is 0.289 e. The minimum atomic E-state index is -0.134. The number of rotatable bonds is 4. The fraction of sp³-hybridized carbons (Fsp3) is 0.227. The lowest BCUT2D eigenvalue weighted by molar-refractivity contribution is -0.132. The Balaban J connectivity index is 1.24. The second-order valence-electron chi connectivity index (χ2n) is 7.34. The Morgan fingerprint density at radius 3 is 2.52 bits per heavy atom. The van der Waals surface area contributed by atoms with E-state index >= 15 is 0 Å². The number of nitrogens with zero attached hydrogens (tertiary/aromatic N) is 4. The third-order valence-electron chi connectivity index (χ3n) is 5.41. The van der Waals surface area contributed by atoms with Crippen LogP contribution >= 0.6 is 22.9 Å². The molecule has 1 aliphatic heterocycles. The molecule has 1 aliphatic rings. The molecule has 31 heavy (non-hydrogen) atoms. The number of imidazole rings is 1. The largest absolute Gasteiger partial charge is 0.459 e. The molecule has 158 valence electrons. The Hall–Kier alpha value is -3.10. The van der Waals surface area contributed by atoms with Crippen molar-refractivity contribution in [2.45, 2.75) is 6.42 Å². The Labute approximate surface area is 187 Å². The summed E-state index contributed by atoms with van der Waals surface area (Å²) in [6.07, 6.45) is 3.74. The molecular formula is C22H19ClN4O3S. The first kappa shape index (κ1) is 19.8. The monoisotopic (exact) mass is 454 g/mol. The van der Waals surface area contributed by atoms with Crippen LogP contribution in [-0.2, 0) is 11.2 Å². The van der Waals surface area contributed by atoms with Crippen molar-refractivity contribution in [1.29, 1.82) is 0 Å². The van der Waals surface area contributed by atoms with Crippen LogP contribution in [-0.4, -0.2) is 57.2 Å². The summed E-state index contributed by atoms with van der Waals surface area (Å²) in [7, 11) is 0. The van der Waals surface area contributed by atoms with Crippen molar-refractivity contribution in [2.75, 3.05) is 26.2 Å². The molecule has 0 bridgehead atoms. The van der Waals surface area contributed by atoms with Gasteiger partial charge in [0.15, 0.2) is 10.7 Å². The summed E-state index contributed by atoms with van der Waals surface area (Å²) >= 11 is 7.49. The molecule has 5 rings (SSSR count). The van der Waals surface area contributed by atoms with Crippen molar-refractivity contribution in [1.82, 2.24) is 19.2 Å². The molecule has 4 heterocycles. The number of fused-ring (bicyclic) bond motifs is 1. The van der Waals surface area contributed by atoms with Crippen molar-refractivity contribution in [3.05, 3.63) is 70.7 Å². The molecule has 2 amide bonds. The van der Waals surface area contributed by atoms with Gasteiger partial charge in [-0.3, -0.25) is 14.0 Å². The number of hydrogen-bond acceptors (Lipinski definition) is 5. The lowest BCUT2D eigenvalue weighted by atomic mass is 10.2. The summed E-state index contributed by atoms with van der Waals surface area (Å²) in [5.74, 6) is 0.244. The highest BCUT2D eigenvalue weighted by Gasteiger charge is 2.26. The Bertz CT molecular complexity index is 1220. The molecule has 0 aliphatic carbocycles. The molecule has 3 aromatic heterocycles. The number of halogens is 1. The Morgan fingerprint density at radius 1 is 1.06 bits per heavy atom. The third kappa shape index (κ3) is 3.96. The average molecular weight is 455 g/mol. The van der Waals surface area contributed by atoms with Gasteiger partial charge in [0.2, 0.25) is 5.91 Å². The summed E-state index contributed by atoms with van der Waals surface area (Å²) < 4.78 is 7.16. The van der Waals surface area contributed by atoms with Gasteiger partial charge in [-0.15, -0.1) is 11.3 Å². The van der Waals surface area contributed by atoms with Crippen LogP contribution in [0.15, 0.2) is 58.7 Å². The summed E-state index contributed by atoms with van der Waals surface area (Å²) in [5, 5.41) is 2.66. The minimum Gasteiger partial charge on any atom is -0.459 e. The van der Waals surface area contributed by atoms with Gasteiger partial charge in [0.25, 0.3) is 5.91 Å². The van der Waals surface area contributed by atoms with Crippen LogP contribution < -0.4 is 0 Å². The van der Waals surface area contributed by atoms with Crippen LogP contribution in [0.3, 0.4) is 0 Å². The number of hydrogen-bond donors (Lipinski definition) is 0. The second kappa shape index (κ2) is 8.20. The van der Waals surface area contributed by atoms with E-state index in [1.54, 1.807) is 17.0 Å². The van der Waals surface area contributed by atoms with Gasteiger partial charge in [-0.05, 0) is 24.3 Å². The SMILES string of the molecule is O=C(Cc1csc2nc(-c3ccc(Cl)cc3)cn12)N1CCN(C(=O)c2ccco2)CC1. The van der Waals surface area contributed by atoms with E-state index in [4.69, 9.17) is 16.0 Å². The number of furan rings is 1. The topological polar surface area (TPSA) is 71.1 Å². The minimum absolute atomic E-state index is 0.0477. The van der Waals surface area contributed by atoms with Crippen LogP contribution in [0.5, 0.6) is 0 Å².